The third-order valence-corrected chi connectivity index (χ3v) is 2.43. The monoisotopic (exact) mass is 275 g/mol. The molecule has 0 heterocycles. The van der Waals surface area contributed by atoms with E-state index in [1.165, 1.54) is 0 Å². The summed E-state index contributed by atoms with van der Waals surface area (Å²) >= 11 is 0. The molecule has 7 nitrogen and oxygen atoms in total. The number of likely N-dealkylation sites (N-methyl/N-ethyl adjacent to an activating group) is 1. The first kappa shape index (κ1) is 17.7. The third kappa shape index (κ3) is 9.26. The zero-order valence-electron chi connectivity index (χ0n) is 12.1. The van der Waals surface area contributed by atoms with E-state index in [-0.39, 0.29) is 5.92 Å². The molecular formula is C12H25N3O4. The average Bonchev–Trinajstić information content (AvgIpc) is 2.29. The largest absolute Gasteiger partial charge is 0.480 e. The van der Waals surface area contributed by atoms with Crippen LogP contribution in [0.3, 0.4) is 0 Å². The summed E-state index contributed by atoms with van der Waals surface area (Å²) in [5.74, 6) is -1.20. The van der Waals surface area contributed by atoms with E-state index >= 15 is 0 Å². The second-order valence-electron chi connectivity index (χ2n) is 4.88. The number of urea groups is 1. The van der Waals surface area contributed by atoms with Gasteiger partial charge in [-0.15, -0.1) is 0 Å². The van der Waals surface area contributed by atoms with Crippen LogP contribution >= 0.6 is 0 Å². The summed E-state index contributed by atoms with van der Waals surface area (Å²) in [7, 11) is 3.90. The lowest BCUT2D eigenvalue weighted by molar-refractivity contribution is -0.140. The minimum absolute atomic E-state index is 0.167. The van der Waals surface area contributed by atoms with Gasteiger partial charge >= 0.3 is 12.0 Å². The van der Waals surface area contributed by atoms with Crippen LogP contribution in [0.1, 0.15) is 13.8 Å². The smallest absolute Gasteiger partial charge is 0.326 e. The lowest BCUT2D eigenvalue weighted by Gasteiger charge is -2.18. The zero-order valence-corrected chi connectivity index (χ0v) is 12.1. The first-order valence-corrected chi connectivity index (χ1v) is 6.34. The van der Waals surface area contributed by atoms with Gasteiger partial charge in [-0.3, -0.25) is 0 Å². The van der Waals surface area contributed by atoms with Gasteiger partial charge in [-0.1, -0.05) is 13.8 Å². The fraction of sp³-hybridized carbons (Fsp3) is 0.833. The number of rotatable bonds is 9. The molecule has 0 saturated heterocycles. The van der Waals surface area contributed by atoms with Crippen LogP contribution in [0.25, 0.3) is 0 Å². The number of ether oxygens (including phenoxy) is 1. The Kier molecular flexibility index (Phi) is 8.90. The highest BCUT2D eigenvalue weighted by atomic mass is 16.5. The fourth-order valence-corrected chi connectivity index (χ4v) is 1.29. The molecule has 0 aliphatic carbocycles. The molecule has 0 radical (unpaired) electrons. The van der Waals surface area contributed by atoms with Crippen molar-refractivity contribution in [3.05, 3.63) is 0 Å². The van der Waals surface area contributed by atoms with E-state index in [1.807, 2.05) is 19.0 Å². The Balaban J connectivity index is 3.72. The number of amides is 2. The van der Waals surface area contributed by atoms with Gasteiger partial charge in [-0.05, 0) is 20.0 Å². The fourth-order valence-electron chi connectivity index (χ4n) is 1.29. The van der Waals surface area contributed by atoms with E-state index in [4.69, 9.17) is 9.84 Å². The van der Waals surface area contributed by atoms with Crippen molar-refractivity contribution in [1.82, 2.24) is 15.5 Å². The van der Waals surface area contributed by atoms with Crippen molar-refractivity contribution in [2.45, 2.75) is 19.9 Å². The first-order chi connectivity index (χ1) is 8.84. The molecule has 19 heavy (non-hydrogen) atoms. The van der Waals surface area contributed by atoms with E-state index in [0.29, 0.717) is 19.8 Å². The molecule has 0 unspecified atom stereocenters. The Bertz CT molecular complexity index is 282. The van der Waals surface area contributed by atoms with E-state index < -0.39 is 18.0 Å². The zero-order chi connectivity index (χ0) is 14.8. The molecule has 0 spiro atoms. The average molecular weight is 275 g/mol. The Labute approximate surface area is 114 Å². The van der Waals surface area contributed by atoms with Crippen LogP contribution in [0.15, 0.2) is 0 Å². The van der Waals surface area contributed by atoms with Crippen molar-refractivity contribution < 1.29 is 19.4 Å². The normalized spacial score (nSPS) is 12.5. The van der Waals surface area contributed by atoms with Gasteiger partial charge in [0.2, 0.25) is 0 Å². The quantitative estimate of drug-likeness (QED) is 0.514. The molecule has 2 amide bonds. The van der Waals surface area contributed by atoms with Crippen molar-refractivity contribution in [3.8, 4) is 0 Å². The predicted octanol–water partition coefficient (Wildman–Crippen LogP) is -0.0270. The summed E-state index contributed by atoms with van der Waals surface area (Å²) in [4.78, 5) is 24.3. The van der Waals surface area contributed by atoms with Gasteiger partial charge in [-0.2, -0.15) is 0 Å². The van der Waals surface area contributed by atoms with Crippen LogP contribution in [0.4, 0.5) is 4.79 Å². The van der Waals surface area contributed by atoms with E-state index in [1.54, 1.807) is 13.8 Å². The molecular weight excluding hydrogens is 250 g/mol. The number of hydrogen-bond donors (Lipinski definition) is 3. The molecule has 0 bridgehead atoms. The van der Waals surface area contributed by atoms with Crippen molar-refractivity contribution in [2.24, 2.45) is 5.92 Å². The maximum absolute atomic E-state index is 11.5. The molecule has 0 fully saturated rings. The van der Waals surface area contributed by atoms with Crippen LogP contribution in [0, 0.1) is 5.92 Å². The highest BCUT2D eigenvalue weighted by Gasteiger charge is 2.22. The number of carboxylic acid groups (broad SMARTS) is 1. The number of carboxylic acids is 1. The van der Waals surface area contributed by atoms with Gasteiger partial charge in [0, 0.05) is 13.1 Å². The maximum Gasteiger partial charge on any atom is 0.326 e. The van der Waals surface area contributed by atoms with Crippen molar-refractivity contribution in [2.75, 3.05) is 40.4 Å². The molecule has 0 aliphatic heterocycles. The van der Waals surface area contributed by atoms with E-state index in [2.05, 4.69) is 10.6 Å². The van der Waals surface area contributed by atoms with Crippen molar-refractivity contribution >= 4 is 12.0 Å². The second-order valence-corrected chi connectivity index (χ2v) is 4.88. The Morgan fingerprint density at radius 3 is 2.37 bits per heavy atom. The topological polar surface area (TPSA) is 90.9 Å². The van der Waals surface area contributed by atoms with Gasteiger partial charge in [0.15, 0.2) is 0 Å². The Hall–Kier alpha value is -1.34. The molecule has 0 saturated carbocycles. The maximum atomic E-state index is 11.5. The lowest BCUT2D eigenvalue weighted by Crippen LogP contribution is -2.49. The number of hydrogen-bond acceptors (Lipinski definition) is 4. The van der Waals surface area contributed by atoms with Gasteiger partial charge < -0.3 is 25.4 Å². The summed E-state index contributed by atoms with van der Waals surface area (Å²) in [5, 5.41) is 13.9. The lowest BCUT2D eigenvalue weighted by atomic mass is 10.1. The van der Waals surface area contributed by atoms with Crippen molar-refractivity contribution in [1.29, 1.82) is 0 Å². The van der Waals surface area contributed by atoms with Crippen LogP contribution in [0.5, 0.6) is 0 Å². The van der Waals surface area contributed by atoms with Crippen LogP contribution in [-0.4, -0.2) is 68.4 Å². The van der Waals surface area contributed by atoms with E-state index in [9.17, 15) is 9.59 Å². The molecule has 0 aromatic rings. The number of nitrogens with zero attached hydrogens (tertiary/aromatic N) is 1. The number of carbonyl (C=O) groups is 2. The molecule has 0 aliphatic rings. The summed E-state index contributed by atoms with van der Waals surface area (Å²) in [6, 6.07) is -1.37. The second kappa shape index (κ2) is 9.57. The van der Waals surface area contributed by atoms with Crippen LogP contribution in [-0.2, 0) is 9.53 Å². The summed E-state index contributed by atoms with van der Waals surface area (Å²) in [5.41, 5.74) is 0. The van der Waals surface area contributed by atoms with Crippen molar-refractivity contribution in [3.63, 3.8) is 0 Å². The summed E-state index contributed by atoms with van der Waals surface area (Å²) in [6.45, 7) is 5.65. The van der Waals surface area contributed by atoms with Gasteiger partial charge in [0.25, 0.3) is 0 Å². The van der Waals surface area contributed by atoms with Gasteiger partial charge in [0.05, 0.1) is 13.2 Å². The molecule has 0 rings (SSSR count). The minimum Gasteiger partial charge on any atom is -0.480 e. The Morgan fingerprint density at radius 2 is 1.89 bits per heavy atom. The molecule has 3 N–H and O–H groups in total. The molecule has 0 aromatic carbocycles. The van der Waals surface area contributed by atoms with Crippen LogP contribution < -0.4 is 10.6 Å². The van der Waals surface area contributed by atoms with Gasteiger partial charge in [-0.25, -0.2) is 9.59 Å². The van der Waals surface area contributed by atoms with Crippen LogP contribution in [0.2, 0.25) is 0 Å². The molecule has 7 heteroatoms. The highest BCUT2D eigenvalue weighted by molar-refractivity contribution is 5.82. The molecule has 112 valence electrons. The summed E-state index contributed by atoms with van der Waals surface area (Å²) in [6.07, 6.45) is 0. The third-order valence-electron chi connectivity index (χ3n) is 2.43. The summed E-state index contributed by atoms with van der Waals surface area (Å²) < 4.78 is 5.29. The number of nitrogens with one attached hydrogen (secondary N) is 2. The standard InChI is InChI=1S/C12H25N3O4/c1-9(2)10(11(16)17)14-12(18)13-5-7-19-8-6-15(3)4/h9-10H,5-8H2,1-4H3,(H,16,17)(H2,13,14,18)/t10-/m0/s1. The first-order valence-electron chi connectivity index (χ1n) is 6.34. The minimum atomic E-state index is -1.03. The molecule has 0 aromatic heterocycles. The Morgan fingerprint density at radius 1 is 1.26 bits per heavy atom. The SMILES string of the molecule is CC(C)[C@H](NC(=O)NCCOCCN(C)C)C(=O)O. The highest BCUT2D eigenvalue weighted by Crippen LogP contribution is 2.00. The number of carbonyl (C=O) groups excluding carboxylic acids is 1. The van der Waals surface area contributed by atoms with Gasteiger partial charge in [0.1, 0.15) is 6.04 Å². The predicted molar refractivity (Wildman–Crippen MR) is 72.2 cm³/mol. The number of aliphatic carboxylic acids is 1. The molecule has 1 atom stereocenters. The van der Waals surface area contributed by atoms with E-state index in [0.717, 1.165) is 6.54 Å².